The molecule has 0 radical (unpaired) electrons. The van der Waals surface area contributed by atoms with E-state index in [2.05, 4.69) is 0 Å². The summed E-state index contributed by atoms with van der Waals surface area (Å²) in [5, 5.41) is 0. The molecule has 0 unspecified atom stereocenters. The van der Waals surface area contributed by atoms with Gasteiger partial charge in [0.1, 0.15) is 0 Å². The predicted octanol–water partition coefficient (Wildman–Crippen LogP) is -23.1. The van der Waals surface area contributed by atoms with Crippen LogP contribution in [0.15, 0.2) is 0 Å². The largest absolute Gasteiger partial charge is 2.00 e. The molecule has 0 atom stereocenters. The maximum atomic E-state index is 8.57. The van der Waals surface area contributed by atoms with Gasteiger partial charge in [-0.25, -0.2) is 0 Å². The Labute approximate surface area is 158 Å². The minimum absolute atomic E-state index is 0. The number of hydrogen-bond donors (Lipinski definition) is 0. The number of hydrogen-bond acceptors (Lipinski definition) is 9. The van der Waals surface area contributed by atoms with Gasteiger partial charge in [-0.1, -0.05) is 0 Å². The quantitative estimate of drug-likeness (QED) is 0.194. The van der Waals surface area contributed by atoms with Crippen molar-refractivity contribution in [3.05, 3.63) is 0 Å². The SMILES string of the molecule is [Ca+2].[Na+].[O-][I+2]([O-])[O-].[O-][I+2]([O-])[O-].[O-][I+2]([O-])[O-]. The summed E-state index contributed by atoms with van der Waals surface area (Å²) in [5.74, 6) is 0. The summed E-state index contributed by atoms with van der Waals surface area (Å²) < 4.78 is 77.2. The minimum atomic E-state index is -4.01. The molecule has 0 fully saturated rings. The van der Waals surface area contributed by atoms with Crippen molar-refractivity contribution in [3.63, 3.8) is 0 Å². The zero-order chi connectivity index (χ0) is 10.7. The third-order valence-electron chi connectivity index (χ3n) is 0. The molecular formula is CaI3NaO9. The molecule has 0 aromatic rings. The van der Waals surface area contributed by atoms with E-state index >= 15 is 0 Å². The summed E-state index contributed by atoms with van der Waals surface area (Å²) in [6.07, 6.45) is 0. The maximum absolute atomic E-state index is 8.57. The van der Waals surface area contributed by atoms with Gasteiger partial charge in [0, 0.05) is 0 Å². The molecule has 9 nitrogen and oxygen atoms in total. The van der Waals surface area contributed by atoms with E-state index in [1.165, 1.54) is 0 Å². The average Bonchev–Trinajstić information content (AvgIpc) is 1.54. The number of halogens is 3. The molecule has 0 amide bonds. The molecule has 0 aliphatic rings. The van der Waals surface area contributed by atoms with E-state index in [0.29, 0.717) is 0 Å². The van der Waals surface area contributed by atoms with Gasteiger partial charge < -0.3 is 30.9 Å². The van der Waals surface area contributed by atoms with Crippen molar-refractivity contribution in [2.24, 2.45) is 0 Å². The van der Waals surface area contributed by atoms with E-state index < -0.39 is 63.2 Å². The van der Waals surface area contributed by atoms with Crippen LogP contribution in [0.3, 0.4) is 0 Å². The van der Waals surface area contributed by atoms with Crippen molar-refractivity contribution < 1.29 is 124 Å². The Hall–Kier alpha value is 4.09. The van der Waals surface area contributed by atoms with Gasteiger partial charge in [-0.15, -0.1) is 0 Å². The fourth-order valence-corrected chi connectivity index (χ4v) is 0. The first kappa shape index (κ1) is 30.8. The summed E-state index contributed by atoms with van der Waals surface area (Å²) in [6.45, 7) is 0. The first-order chi connectivity index (χ1) is 5.20. The van der Waals surface area contributed by atoms with Crippen molar-refractivity contribution in [1.82, 2.24) is 0 Å². The van der Waals surface area contributed by atoms with Crippen LogP contribution in [0, 0.1) is 0 Å². The van der Waals surface area contributed by atoms with E-state index in [4.69, 9.17) is 30.9 Å². The third-order valence-corrected chi connectivity index (χ3v) is 0. The van der Waals surface area contributed by atoms with Crippen LogP contribution >= 0.6 is 0 Å². The molecule has 14 heavy (non-hydrogen) atoms. The summed E-state index contributed by atoms with van der Waals surface area (Å²) in [7, 11) is 0. The van der Waals surface area contributed by atoms with Gasteiger partial charge in [0.05, 0.1) is 0 Å². The fraction of sp³-hybridized carbons (Fsp3) is 0. The number of rotatable bonds is 0. The second kappa shape index (κ2) is 25.8. The van der Waals surface area contributed by atoms with Crippen LogP contribution in [-0.2, 0) is 0 Å². The minimum Gasteiger partial charge on any atom is -0.427 e. The van der Waals surface area contributed by atoms with Crippen LogP contribution in [0.25, 0.3) is 0 Å². The molecule has 0 saturated carbocycles. The average molecular weight is 588 g/mol. The van der Waals surface area contributed by atoms with E-state index in [9.17, 15) is 0 Å². The molecule has 0 aliphatic heterocycles. The molecule has 0 rings (SSSR count). The van der Waals surface area contributed by atoms with E-state index in [1.807, 2.05) is 0 Å². The van der Waals surface area contributed by atoms with E-state index in [0.717, 1.165) is 0 Å². The Bertz CT molecular complexity index is 48.5. The first-order valence-corrected chi connectivity index (χ1v) is 9.32. The van der Waals surface area contributed by atoms with Crippen molar-refractivity contribution in [2.45, 2.75) is 0 Å². The molecule has 0 heterocycles. The van der Waals surface area contributed by atoms with Gasteiger partial charge in [0.25, 0.3) is 63.2 Å². The van der Waals surface area contributed by atoms with Crippen molar-refractivity contribution in [2.75, 3.05) is 0 Å². The summed E-state index contributed by atoms with van der Waals surface area (Å²) in [4.78, 5) is 0. The Morgan fingerprint density at radius 3 is 0.429 bits per heavy atom. The predicted molar refractivity (Wildman–Crippen MR) is 5.75 cm³/mol. The zero-order valence-electron chi connectivity index (χ0n) is 6.52. The third kappa shape index (κ3) is 219. The van der Waals surface area contributed by atoms with Gasteiger partial charge >= 0.3 is 67.3 Å². The first-order valence-electron chi connectivity index (χ1n) is 1.39. The van der Waals surface area contributed by atoms with Crippen molar-refractivity contribution >= 4 is 37.7 Å². The van der Waals surface area contributed by atoms with Gasteiger partial charge in [-0.2, -0.15) is 0 Å². The van der Waals surface area contributed by atoms with Gasteiger partial charge in [-0.3, -0.25) is 0 Å². The summed E-state index contributed by atoms with van der Waals surface area (Å²) in [5.41, 5.74) is 0. The smallest absolute Gasteiger partial charge is 0.427 e. The zero-order valence-corrected chi connectivity index (χ0v) is 17.2. The topological polar surface area (TPSA) is 208 Å². The second-order valence-corrected chi connectivity index (χ2v) is 3.80. The Morgan fingerprint density at radius 1 is 0.429 bits per heavy atom. The summed E-state index contributed by atoms with van der Waals surface area (Å²) in [6, 6.07) is 0. The molecule has 0 aromatic heterocycles. The Morgan fingerprint density at radius 2 is 0.429 bits per heavy atom. The fourth-order valence-electron chi connectivity index (χ4n) is 0. The van der Waals surface area contributed by atoms with Crippen LogP contribution in [0.5, 0.6) is 0 Å². The molecule has 14 heteroatoms. The molecule has 0 bridgehead atoms. The van der Waals surface area contributed by atoms with Gasteiger partial charge in [-0.05, 0) is 0 Å². The standard InChI is InChI=1S/Ca.3IO3.Na/c;3*2-1(3)4;/q+2;3*-1;+1. The summed E-state index contributed by atoms with van der Waals surface area (Å²) >= 11 is -12.0. The molecule has 0 aliphatic carbocycles. The van der Waals surface area contributed by atoms with E-state index in [-0.39, 0.29) is 67.3 Å². The Kier molecular flexibility index (Phi) is 56.9. The molecule has 0 N–H and O–H groups in total. The maximum Gasteiger partial charge on any atom is 2.00 e. The van der Waals surface area contributed by atoms with Crippen LogP contribution < -0.4 is 124 Å². The molecular weight excluding hydrogens is 588 g/mol. The monoisotopic (exact) mass is 588 g/mol. The second-order valence-electron chi connectivity index (χ2n) is 0.567. The molecule has 0 aromatic carbocycles. The van der Waals surface area contributed by atoms with Crippen LogP contribution in [0.4, 0.5) is 0 Å². The molecule has 78 valence electrons. The van der Waals surface area contributed by atoms with Crippen LogP contribution in [0.1, 0.15) is 0 Å². The van der Waals surface area contributed by atoms with Crippen molar-refractivity contribution in [1.29, 1.82) is 0 Å². The van der Waals surface area contributed by atoms with Crippen molar-refractivity contribution in [3.8, 4) is 0 Å². The van der Waals surface area contributed by atoms with Crippen LogP contribution in [0.2, 0.25) is 0 Å². The molecule has 0 spiro atoms. The Balaban J connectivity index is -0.0000000270. The molecule has 0 saturated heterocycles. The van der Waals surface area contributed by atoms with E-state index in [1.54, 1.807) is 0 Å². The van der Waals surface area contributed by atoms with Gasteiger partial charge in [0.2, 0.25) is 0 Å². The van der Waals surface area contributed by atoms with Gasteiger partial charge in [0.15, 0.2) is 0 Å². The normalized spacial score (nSPS) is 7.71. The van der Waals surface area contributed by atoms with Crippen LogP contribution in [-0.4, -0.2) is 37.7 Å².